The van der Waals surface area contributed by atoms with Crippen molar-refractivity contribution in [2.24, 2.45) is 0 Å². The molecule has 0 aliphatic heterocycles. The number of aliphatic hydroxyl groups excluding tert-OH is 1. The molecule has 0 aliphatic rings. The number of hydrogen-bond acceptors (Lipinski definition) is 1. The van der Waals surface area contributed by atoms with E-state index in [0.717, 1.165) is 21.9 Å². The summed E-state index contributed by atoms with van der Waals surface area (Å²) in [6.45, 7) is 2.06. The number of aliphatic hydroxyl groups is 1. The highest BCUT2D eigenvalue weighted by molar-refractivity contribution is 5.88. The van der Waals surface area contributed by atoms with Gasteiger partial charge in [-0.1, -0.05) is 48.5 Å². The van der Waals surface area contributed by atoms with Gasteiger partial charge in [0.2, 0.25) is 0 Å². The van der Waals surface area contributed by atoms with Gasteiger partial charge in [0.15, 0.2) is 0 Å². The van der Waals surface area contributed by atoms with E-state index in [9.17, 15) is 9.50 Å². The third kappa shape index (κ3) is 2.81. The van der Waals surface area contributed by atoms with Gasteiger partial charge in [0.25, 0.3) is 0 Å². The van der Waals surface area contributed by atoms with Crippen LogP contribution in [0.1, 0.15) is 22.8 Å². The van der Waals surface area contributed by atoms with Crippen LogP contribution < -0.4 is 0 Å². The molecular formula is C19H17FO. The quantitative estimate of drug-likeness (QED) is 0.745. The molecule has 1 atom stereocenters. The lowest BCUT2D eigenvalue weighted by Crippen LogP contribution is -2.03. The van der Waals surface area contributed by atoms with Crippen LogP contribution >= 0.6 is 0 Å². The fourth-order valence-corrected chi connectivity index (χ4v) is 2.76. The molecule has 1 N–H and O–H groups in total. The SMILES string of the molecule is Cc1ccc(C(O)Cc2cccc(F)c2)c2ccccc12. The maximum Gasteiger partial charge on any atom is 0.123 e. The number of halogens is 1. The molecule has 0 aromatic heterocycles. The monoisotopic (exact) mass is 280 g/mol. The lowest BCUT2D eigenvalue weighted by molar-refractivity contribution is 0.180. The molecule has 0 saturated carbocycles. The number of hydrogen-bond donors (Lipinski definition) is 1. The summed E-state index contributed by atoms with van der Waals surface area (Å²) in [7, 11) is 0. The van der Waals surface area contributed by atoms with E-state index in [1.165, 1.54) is 17.7 Å². The maximum absolute atomic E-state index is 13.2. The van der Waals surface area contributed by atoms with Gasteiger partial charge in [-0.25, -0.2) is 4.39 Å². The average Bonchev–Trinajstić information content (AvgIpc) is 2.48. The van der Waals surface area contributed by atoms with Gasteiger partial charge < -0.3 is 5.11 Å². The van der Waals surface area contributed by atoms with Crippen LogP contribution in [-0.2, 0) is 6.42 Å². The molecular weight excluding hydrogens is 263 g/mol. The number of aryl methyl sites for hydroxylation is 1. The van der Waals surface area contributed by atoms with Gasteiger partial charge in [0, 0.05) is 6.42 Å². The third-order valence-electron chi connectivity index (χ3n) is 3.85. The fourth-order valence-electron chi connectivity index (χ4n) is 2.76. The van der Waals surface area contributed by atoms with Gasteiger partial charge >= 0.3 is 0 Å². The molecule has 0 saturated heterocycles. The Morgan fingerprint density at radius 1 is 0.952 bits per heavy atom. The minimum Gasteiger partial charge on any atom is -0.388 e. The highest BCUT2D eigenvalue weighted by Crippen LogP contribution is 2.28. The lowest BCUT2D eigenvalue weighted by Gasteiger charge is -2.15. The van der Waals surface area contributed by atoms with E-state index >= 15 is 0 Å². The Morgan fingerprint density at radius 2 is 1.71 bits per heavy atom. The summed E-state index contributed by atoms with van der Waals surface area (Å²) in [5.41, 5.74) is 2.87. The summed E-state index contributed by atoms with van der Waals surface area (Å²) in [6.07, 6.45) is -0.234. The summed E-state index contributed by atoms with van der Waals surface area (Å²) in [6, 6.07) is 18.4. The van der Waals surface area contributed by atoms with Crippen LogP contribution in [0.2, 0.25) is 0 Å². The van der Waals surface area contributed by atoms with Crippen LogP contribution in [0, 0.1) is 12.7 Å². The topological polar surface area (TPSA) is 20.2 Å². The van der Waals surface area contributed by atoms with E-state index in [2.05, 4.69) is 13.0 Å². The molecule has 3 aromatic rings. The van der Waals surface area contributed by atoms with Crippen LogP contribution in [0.25, 0.3) is 10.8 Å². The molecule has 0 bridgehead atoms. The second kappa shape index (κ2) is 5.66. The van der Waals surface area contributed by atoms with Crippen molar-refractivity contribution in [3.8, 4) is 0 Å². The molecule has 0 spiro atoms. The summed E-state index contributed by atoms with van der Waals surface area (Å²) in [5, 5.41) is 12.7. The first-order valence-corrected chi connectivity index (χ1v) is 7.06. The molecule has 0 aliphatic carbocycles. The van der Waals surface area contributed by atoms with Crippen LogP contribution in [0.4, 0.5) is 4.39 Å². The normalized spacial score (nSPS) is 12.5. The Labute approximate surface area is 123 Å². The van der Waals surface area contributed by atoms with Gasteiger partial charge in [-0.2, -0.15) is 0 Å². The van der Waals surface area contributed by atoms with Crippen molar-refractivity contribution in [2.75, 3.05) is 0 Å². The molecule has 0 fully saturated rings. The first-order valence-electron chi connectivity index (χ1n) is 7.06. The van der Waals surface area contributed by atoms with Crippen LogP contribution in [-0.4, -0.2) is 5.11 Å². The minimum absolute atomic E-state index is 0.270. The van der Waals surface area contributed by atoms with E-state index < -0.39 is 6.10 Å². The lowest BCUT2D eigenvalue weighted by atomic mass is 9.94. The second-order valence-corrected chi connectivity index (χ2v) is 5.37. The predicted octanol–water partition coefficient (Wildman–Crippen LogP) is 4.56. The van der Waals surface area contributed by atoms with Crippen molar-refractivity contribution >= 4 is 10.8 Å². The maximum atomic E-state index is 13.2. The first kappa shape index (κ1) is 13.8. The summed E-state index contributed by atoms with van der Waals surface area (Å²) in [4.78, 5) is 0. The van der Waals surface area contributed by atoms with Gasteiger partial charge in [0.1, 0.15) is 5.82 Å². The molecule has 1 nitrogen and oxygen atoms in total. The molecule has 1 unspecified atom stereocenters. The van der Waals surface area contributed by atoms with Crippen LogP contribution in [0.15, 0.2) is 60.7 Å². The van der Waals surface area contributed by atoms with E-state index in [1.807, 2.05) is 36.4 Å². The van der Waals surface area contributed by atoms with E-state index in [1.54, 1.807) is 6.07 Å². The zero-order chi connectivity index (χ0) is 14.8. The highest BCUT2D eigenvalue weighted by atomic mass is 19.1. The van der Waals surface area contributed by atoms with E-state index in [0.29, 0.717) is 6.42 Å². The predicted molar refractivity (Wildman–Crippen MR) is 83.7 cm³/mol. The zero-order valence-corrected chi connectivity index (χ0v) is 11.9. The van der Waals surface area contributed by atoms with Crippen LogP contribution in [0.3, 0.4) is 0 Å². The molecule has 0 amide bonds. The van der Waals surface area contributed by atoms with Crippen molar-refractivity contribution < 1.29 is 9.50 Å². The molecule has 0 heterocycles. The third-order valence-corrected chi connectivity index (χ3v) is 3.85. The number of fused-ring (bicyclic) bond motifs is 1. The van der Waals surface area contributed by atoms with Crippen molar-refractivity contribution in [2.45, 2.75) is 19.4 Å². The summed E-state index contributed by atoms with van der Waals surface area (Å²) < 4.78 is 13.2. The Balaban J connectivity index is 1.98. The standard InChI is InChI=1S/C19H17FO/c1-13-9-10-18(17-8-3-2-7-16(13)17)19(21)12-14-5-4-6-15(20)11-14/h2-11,19,21H,12H2,1H3. The summed E-state index contributed by atoms with van der Waals surface area (Å²) >= 11 is 0. The Morgan fingerprint density at radius 3 is 2.48 bits per heavy atom. The van der Waals surface area contributed by atoms with Crippen molar-refractivity contribution in [1.82, 2.24) is 0 Å². The number of rotatable bonds is 3. The smallest absolute Gasteiger partial charge is 0.123 e. The van der Waals surface area contributed by atoms with Crippen LogP contribution in [0.5, 0.6) is 0 Å². The molecule has 3 aromatic carbocycles. The van der Waals surface area contributed by atoms with Gasteiger partial charge in [0.05, 0.1) is 6.10 Å². The highest BCUT2D eigenvalue weighted by Gasteiger charge is 2.13. The minimum atomic E-state index is -0.641. The zero-order valence-electron chi connectivity index (χ0n) is 11.9. The summed E-state index contributed by atoms with van der Waals surface area (Å²) in [5.74, 6) is -0.270. The second-order valence-electron chi connectivity index (χ2n) is 5.37. The fraction of sp³-hybridized carbons (Fsp3) is 0.158. The Kier molecular flexibility index (Phi) is 3.72. The van der Waals surface area contributed by atoms with Gasteiger partial charge in [-0.3, -0.25) is 0 Å². The molecule has 106 valence electrons. The number of benzene rings is 3. The van der Waals surface area contributed by atoms with E-state index in [4.69, 9.17) is 0 Å². The molecule has 21 heavy (non-hydrogen) atoms. The largest absolute Gasteiger partial charge is 0.388 e. The van der Waals surface area contributed by atoms with Gasteiger partial charge in [-0.15, -0.1) is 0 Å². The van der Waals surface area contributed by atoms with Gasteiger partial charge in [-0.05, 0) is 46.5 Å². The molecule has 0 radical (unpaired) electrons. The average molecular weight is 280 g/mol. The Bertz CT molecular complexity index is 779. The molecule has 2 heteroatoms. The van der Waals surface area contributed by atoms with Crippen molar-refractivity contribution in [3.63, 3.8) is 0 Å². The van der Waals surface area contributed by atoms with Crippen molar-refractivity contribution in [1.29, 1.82) is 0 Å². The first-order chi connectivity index (χ1) is 10.1. The Hall–Kier alpha value is -2.19. The molecule has 3 rings (SSSR count). The van der Waals surface area contributed by atoms with E-state index in [-0.39, 0.29) is 5.82 Å². The van der Waals surface area contributed by atoms with Crippen molar-refractivity contribution in [3.05, 3.63) is 83.2 Å².